The van der Waals surface area contributed by atoms with Crippen molar-refractivity contribution in [1.29, 1.82) is 0 Å². The molecule has 0 saturated heterocycles. The predicted octanol–water partition coefficient (Wildman–Crippen LogP) is 6.42. The number of aromatic nitrogens is 4. The zero-order valence-corrected chi connectivity index (χ0v) is 20.5. The summed E-state index contributed by atoms with van der Waals surface area (Å²) in [5.41, 5.74) is 4.57. The molecule has 0 bridgehead atoms. The highest BCUT2D eigenvalue weighted by atomic mass is 35.5. The summed E-state index contributed by atoms with van der Waals surface area (Å²) in [6.07, 6.45) is 2.68. The van der Waals surface area contributed by atoms with Gasteiger partial charge in [-0.1, -0.05) is 63.6 Å². The summed E-state index contributed by atoms with van der Waals surface area (Å²) < 4.78 is 10.0. The maximum absolute atomic E-state index is 12.6. The van der Waals surface area contributed by atoms with E-state index in [0.29, 0.717) is 12.3 Å². The van der Waals surface area contributed by atoms with Gasteiger partial charge in [0.2, 0.25) is 0 Å². The minimum absolute atomic E-state index is 0.172. The summed E-state index contributed by atoms with van der Waals surface area (Å²) in [6.45, 7) is 8.59. The molecule has 3 aromatic heterocycles. The van der Waals surface area contributed by atoms with Crippen LogP contribution in [0.4, 0.5) is 0 Å². The first kappa shape index (κ1) is 22.4. The Bertz CT molecular complexity index is 1510. The first-order valence-corrected chi connectivity index (χ1v) is 12.0. The topological polar surface area (TPSA) is 61.4 Å². The van der Waals surface area contributed by atoms with E-state index in [1.807, 2.05) is 68.6 Å². The van der Waals surface area contributed by atoms with Crippen LogP contribution in [0, 0.1) is 5.92 Å². The summed E-state index contributed by atoms with van der Waals surface area (Å²) in [5.74, 6) is 1.06. The lowest BCUT2D eigenvalue weighted by molar-refractivity contribution is -0.137. The summed E-state index contributed by atoms with van der Waals surface area (Å²) in [6, 6.07) is 15.9. The third-order valence-corrected chi connectivity index (χ3v) is 6.25. The van der Waals surface area contributed by atoms with Crippen molar-refractivity contribution < 1.29 is 9.53 Å². The molecule has 0 aliphatic carbocycles. The summed E-state index contributed by atoms with van der Waals surface area (Å²) in [7, 11) is 0. The lowest BCUT2D eigenvalue weighted by Gasteiger charge is -2.12. The van der Waals surface area contributed by atoms with Crippen LogP contribution >= 0.6 is 11.6 Å². The molecule has 5 aromatic rings. The van der Waals surface area contributed by atoms with Gasteiger partial charge in [-0.2, -0.15) is 0 Å². The van der Waals surface area contributed by atoms with Gasteiger partial charge in [-0.25, -0.2) is 9.97 Å². The Labute approximate surface area is 203 Å². The lowest BCUT2D eigenvalue weighted by Crippen LogP contribution is -2.14. The number of ether oxygens (including phenoxy) is 1. The third kappa shape index (κ3) is 3.92. The standard InChI is InChI=1S/C27H27ClN4O2/c1-16(2)24-30-25-23(26-29-20-7-5-6-8-21(20)32(24)26)22(34-27(33)17(3)4)15-31(25)14-13-18-9-11-19(28)12-10-18/h5-12,15-17H,13-14H2,1-4H3. The number of carbonyl (C=O) groups is 1. The smallest absolute Gasteiger partial charge is 0.313 e. The van der Waals surface area contributed by atoms with E-state index in [1.165, 1.54) is 5.56 Å². The van der Waals surface area contributed by atoms with Gasteiger partial charge < -0.3 is 9.30 Å². The molecule has 0 aliphatic rings. The first-order chi connectivity index (χ1) is 16.3. The van der Waals surface area contributed by atoms with Gasteiger partial charge in [-0.3, -0.25) is 9.20 Å². The van der Waals surface area contributed by atoms with Gasteiger partial charge in [0.15, 0.2) is 11.4 Å². The fourth-order valence-corrected chi connectivity index (χ4v) is 4.32. The van der Waals surface area contributed by atoms with Crippen molar-refractivity contribution in [3.05, 3.63) is 71.1 Å². The van der Waals surface area contributed by atoms with Crippen LogP contribution in [-0.2, 0) is 17.8 Å². The molecule has 174 valence electrons. The highest BCUT2D eigenvalue weighted by molar-refractivity contribution is 6.30. The molecular formula is C27H27ClN4O2. The Morgan fingerprint density at radius 3 is 2.44 bits per heavy atom. The number of nitrogens with zero attached hydrogens (tertiary/aromatic N) is 4. The van der Waals surface area contributed by atoms with E-state index in [9.17, 15) is 4.79 Å². The van der Waals surface area contributed by atoms with Crippen molar-refractivity contribution >= 4 is 45.3 Å². The predicted molar refractivity (Wildman–Crippen MR) is 136 cm³/mol. The molecule has 0 amide bonds. The lowest BCUT2D eigenvalue weighted by atomic mass is 10.1. The first-order valence-electron chi connectivity index (χ1n) is 11.6. The zero-order chi connectivity index (χ0) is 24.0. The van der Waals surface area contributed by atoms with E-state index in [-0.39, 0.29) is 17.8 Å². The number of imidazole rings is 1. The van der Waals surface area contributed by atoms with Gasteiger partial charge in [-0.05, 0) is 36.2 Å². The second-order valence-electron chi connectivity index (χ2n) is 9.22. The number of hydrogen-bond acceptors (Lipinski definition) is 4. The van der Waals surface area contributed by atoms with E-state index in [0.717, 1.165) is 45.0 Å². The largest absolute Gasteiger partial charge is 0.424 e. The van der Waals surface area contributed by atoms with Crippen molar-refractivity contribution in [2.75, 3.05) is 0 Å². The molecule has 0 saturated carbocycles. The van der Waals surface area contributed by atoms with Crippen molar-refractivity contribution in [2.45, 2.75) is 46.6 Å². The van der Waals surface area contributed by atoms with E-state index in [4.69, 9.17) is 26.3 Å². The van der Waals surface area contributed by atoms with Crippen LogP contribution in [0.2, 0.25) is 5.02 Å². The van der Waals surface area contributed by atoms with E-state index in [2.05, 4.69) is 22.8 Å². The van der Waals surface area contributed by atoms with Crippen molar-refractivity contribution in [3.8, 4) is 5.75 Å². The summed E-state index contributed by atoms with van der Waals surface area (Å²) >= 11 is 6.05. The Balaban J connectivity index is 1.73. The minimum Gasteiger partial charge on any atom is -0.424 e. The molecule has 0 fully saturated rings. The van der Waals surface area contributed by atoms with Gasteiger partial charge in [0.25, 0.3) is 0 Å². The molecule has 5 rings (SSSR count). The number of halogens is 1. The average Bonchev–Trinajstić information content (AvgIpc) is 3.36. The third-order valence-electron chi connectivity index (χ3n) is 6.00. The second kappa shape index (κ2) is 8.76. The number of hydrogen-bond donors (Lipinski definition) is 0. The molecule has 0 atom stereocenters. The molecular weight excluding hydrogens is 448 g/mol. The Morgan fingerprint density at radius 2 is 1.74 bits per heavy atom. The molecule has 0 radical (unpaired) electrons. The molecule has 0 spiro atoms. The monoisotopic (exact) mass is 474 g/mol. The molecule has 0 aliphatic heterocycles. The number of rotatable bonds is 6. The molecule has 0 N–H and O–H groups in total. The number of esters is 1. The second-order valence-corrected chi connectivity index (χ2v) is 9.66. The van der Waals surface area contributed by atoms with Gasteiger partial charge in [0.1, 0.15) is 16.9 Å². The van der Waals surface area contributed by atoms with Crippen molar-refractivity contribution in [1.82, 2.24) is 18.9 Å². The van der Waals surface area contributed by atoms with Crippen LogP contribution in [0.1, 0.15) is 45.0 Å². The average molecular weight is 475 g/mol. The van der Waals surface area contributed by atoms with E-state index >= 15 is 0 Å². The van der Waals surface area contributed by atoms with Crippen LogP contribution in [-0.4, -0.2) is 24.9 Å². The van der Waals surface area contributed by atoms with Crippen LogP contribution in [0.3, 0.4) is 0 Å². The van der Waals surface area contributed by atoms with Crippen molar-refractivity contribution in [3.63, 3.8) is 0 Å². The van der Waals surface area contributed by atoms with Gasteiger partial charge in [0.05, 0.1) is 17.0 Å². The summed E-state index contributed by atoms with van der Waals surface area (Å²) in [5, 5.41) is 1.47. The number of benzene rings is 2. The van der Waals surface area contributed by atoms with Crippen LogP contribution in [0.25, 0.3) is 27.7 Å². The fourth-order valence-electron chi connectivity index (χ4n) is 4.20. The van der Waals surface area contributed by atoms with Crippen LogP contribution in [0.15, 0.2) is 54.7 Å². The fraction of sp³-hybridized carbons (Fsp3) is 0.296. The highest BCUT2D eigenvalue weighted by Gasteiger charge is 2.24. The molecule has 7 heteroatoms. The number of fused-ring (bicyclic) bond motifs is 5. The van der Waals surface area contributed by atoms with Crippen LogP contribution < -0.4 is 4.74 Å². The maximum atomic E-state index is 12.6. The number of aryl methyl sites for hydroxylation is 2. The van der Waals surface area contributed by atoms with E-state index in [1.54, 1.807) is 0 Å². The van der Waals surface area contributed by atoms with Crippen LogP contribution in [0.5, 0.6) is 5.75 Å². The zero-order valence-electron chi connectivity index (χ0n) is 19.7. The molecule has 6 nitrogen and oxygen atoms in total. The normalized spacial score (nSPS) is 12.0. The molecule has 34 heavy (non-hydrogen) atoms. The van der Waals surface area contributed by atoms with Gasteiger partial charge >= 0.3 is 5.97 Å². The highest BCUT2D eigenvalue weighted by Crippen LogP contribution is 2.35. The number of para-hydroxylation sites is 2. The van der Waals surface area contributed by atoms with Gasteiger partial charge in [-0.15, -0.1) is 0 Å². The maximum Gasteiger partial charge on any atom is 0.313 e. The summed E-state index contributed by atoms with van der Waals surface area (Å²) in [4.78, 5) is 22.6. The Hall–Kier alpha value is -3.38. The minimum atomic E-state index is -0.279. The molecule has 2 aromatic carbocycles. The number of carbonyl (C=O) groups excluding carboxylic acids is 1. The van der Waals surface area contributed by atoms with E-state index < -0.39 is 0 Å². The quantitative estimate of drug-likeness (QED) is 0.266. The van der Waals surface area contributed by atoms with Crippen molar-refractivity contribution in [2.24, 2.45) is 5.92 Å². The molecule has 0 unspecified atom stereocenters. The van der Waals surface area contributed by atoms with Gasteiger partial charge in [0, 0.05) is 23.7 Å². The Morgan fingerprint density at radius 1 is 1.00 bits per heavy atom. The Kier molecular flexibility index (Phi) is 5.78. The molecule has 3 heterocycles. The SMILES string of the molecule is CC(C)C(=O)Oc1cn(CCc2ccc(Cl)cc2)c2nc(C(C)C)n3c4ccccc4nc3c12.